The Kier molecular flexibility index (Phi) is 3.39. The van der Waals surface area contributed by atoms with Crippen LogP contribution in [0.15, 0.2) is 47.2 Å². The van der Waals surface area contributed by atoms with Crippen LogP contribution in [0.3, 0.4) is 0 Å². The summed E-state index contributed by atoms with van der Waals surface area (Å²) in [6.07, 6.45) is 3.54. The summed E-state index contributed by atoms with van der Waals surface area (Å²) in [5.74, 6) is 0.940. The van der Waals surface area contributed by atoms with Crippen LogP contribution in [0.1, 0.15) is 17.5 Å². The molecule has 4 heteroatoms. The van der Waals surface area contributed by atoms with E-state index in [1.165, 1.54) is 0 Å². The smallest absolute Gasteiger partial charge is 0.127 e. The average Bonchev–Trinajstić information content (AvgIpc) is 2.95. The van der Waals surface area contributed by atoms with Gasteiger partial charge in [-0.3, -0.25) is 9.88 Å². The lowest BCUT2D eigenvalue weighted by molar-refractivity contribution is 0.0194. The molecule has 0 aliphatic carbocycles. The van der Waals surface area contributed by atoms with Crippen molar-refractivity contribution in [2.24, 2.45) is 0 Å². The van der Waals surface area contributed by atoms with Crippen LogP contribution in [0.5, 0.6) is 0 Å². The van der Waals surface area contributed by atoms with Gasteiger partial charge in [0.15, 0.2) is 0 Å². The molecule has 0 saturated carbocycles. The number of morpholine rings is 1. The summed E-state index contributed by atoms with van der Waals surface area (Å²) in [5, 5.41) is 0. The van der Waals surface area contributed by atoms with E-state index in [9.17, 15) is 0 Å². The molecule has 4 nitrogen and oxygen atoms in total. The maximum absolute atomic E-state index is 5.58. The van der Waals surface area contributed by atoms with Crippen LogP contribution in [0.2, 0.25) is 0 Å². The van der Waals surface area contributed by atoms with Crippen LogP contribution in [-0.4, -0.2) is 36.2 Å². The fourth-order valence-electron chi connectivity index (χ4n) is 2.33. The molecule has 18 heavy (non-hydrogen) atoms. The van der Waals surface area contributed by atoms with Gasteiger partial charge in [0, 0.05) is 19.3 Å². The highest BCUT2D eigenvalue weighted by molar-refractivity contribution is 5.20. The van der Waals surface area contributed by atoms with Gasteiger partial charge in [0.05, 0.1) is 25.2 Å². The zero-order chi connectivity index (χ0) is 12.2. The molecule has 0 spiro atoms. The molecule has 94 valence electrons. The lowest BCUT2D eigenvalue weighted by Gasteiger charge is -2.32. The lowest BCUT2D eigenvalue weighted by Crippen LogP contribution is -2.39. The van der Waals surface area contributed by atoms with Crippen molar-refractivity contribution in [3.63, 3.8) is 0 Å². The first kappa shape index (κ1) is 11.4. The Morgan fingerprint density at radius 3 is 2.67 bits per heavy atom. The van der Waals surface area contributed by atoms with Crippen molar-refractivity contribution in [2.45, 2.75) is 6.04 Å². The highest BCUT2D eigenvalue weighted by Gasteiger charge is 2.27. The van der Waals surface area contributed by atoms with E-state index >= 15 is 0 Å². The van der Waals surface area contributed by atoms with Crippen LogP contribution in [0, 0.1) is 0 Å². The Morgan fingerprint density at radius 1 is 1.11 bits per heavy atom. The first-order chi connectivity index (χ1) is 8.95. The normalized spacial score (nSPS) is 18.7. The van der Waals surface area contributed by atoms with E-state index in [0.29, 0.717) is 0 Å². The van der Waals surface area contributed by atoms with Crippen molar-refractivity contribution in [3.05, 3.63) is 54.2 Å². The second-order valence-corrected chi connectivity index (χ2v) is 4.32. The van der Waals surface area contributed by atoms with Crippen molar-refractivity contribution >= 4 is 0 Å². The van der Waals surface area contributed by atoms with E-state index in [1.54, 1.807) is 6.26 Å². The molecular weight excluding hydrogens is 228 g/mol. The van der Waals surface area contributed by atoms with E-state index in [4.69, 9.17) is 9.15 Å². The van der Waals surface area contributed by atoms with Crippen LogP contribution >= 0.6 is 0 Å². The molecule has 1 fully saturated rings. The van der Waals surface area contributed by atoms with Crippen molar-refractivity contribution < 1.29 is 9.15 Å². The predicted molar refractivity (Wildman–Crippen MR) is 67.2 cm³/mol. The van der Waals surface area contributed by atoms with Crippen LogP contribution in [0.4, 0.5) is 0 Å². The van der Waals surface area contributed by atoms with Gasteiger partial charge < -0.3 is 9.15 Å². The molecule has 1 aliphatic heterocycles. The highest BCUT2D eigenvalue weighted by Crippen LogP contribution is 2.28. The fourth-order valence-corrected chi connectivity index (χ4v) is 2.33. The summed E-state index contributed by atoms with van der Waals surface area (Å²) in [4.78, 5) is 6.82. The van der Waals surface area contributed by atoms with Gasteiger partial charge in [-0.05, 0) is 24.3 Å². The second-order valence-electron chi connectivity index (χ2n) is 4.32. The molecular formula is C14H16N2O2. The monoisotopic (exact) mass is 244 g/mol. The number of aromatic nitrogens is 1. The van der Waals surface area contributed by atoms with Gasteiger partial charge in [0.25, 0.3) is 0 Å². The van der Waals surface area contributed by atoms with Crippen LogP contribution < -0.4 is 0 Å². The molecule has 0 aromatic carbocycles. The zero-order valence-electron chi connectivity index (χ0n) is 10.2. The van der Waals surface area contributed by atoms with E-state index in [1.807, 2.05) is 36.5 Å². The molecule has 0 N–H and O–H groups in total. The number of hydrogen-bond donors (Lipinski definition) is 0. The van der Waals surface area contributed by atoms with Crippen LogP contribution in [-0.2, 0) is 4.74 Å². The van der Waals surface area contributed by atoms with Gasteiger partial charge in [-0.25, -0.2) is 0 Å². The molecule has 1 saturated heterocycles. The van der Waals surface area contributed by atoms with Crippen molar-refractivity contribution in [1.82, 2.24) is 9.88 Å². The third-order valence-corrected chi connectivity index (χ3v) is 3.19. The Labute approximate surface area is 106 Å². The number of nitrogens with zero attached hydrogens (tertiary/aromatic N) is 2. The molecule has 1 aliphatic rings. The largest absolute Gasteiger partial charge is 0.467 e. The first-order valence-electron chi connectivity index (χ1n) is 6.21. The maximum atomic E-state index is 5.58. The molecule has 0 radical (unpaired) electrons. The minimum absolute atomic E-state index is 0.0881. The number of furan rings is 1. The SMILES string of the molecule is c1ccc(C(c2ccco2)N2CCOCC2)nc1. The minimum atomic E-state index is 0.0881. The quantitative estimate of drug-likeness (QED) is 0.828. The standard InChI is InChI=1S/C14H16N2O2/c1-2-6-15-12(4-1)14(13-5-3-9-18-13)16-7-10-17-11-8-16/h1-6,9,14H,7-8,10-11H2. The van der Waals surface area contributed by atoms with Gasteiger partial charge >= 0.3 is 0 Å². The summed E-state index contributed by atoms with van der Waals surface area (Å²) in [6.45, 7) is 3.35. The zero-order valence-corrected chi connectivity index (χ0v) is 10.2. The topological polar surface area (TPSA) is 38.5 Å². The Bertz CT molecular complexity index is 464. The third kappa shape index (κ3) is 2.30. The molecule has 1 unspecified atom stereocenters. The maximum Gasteiger partial charge on any atom is 0.127 e. The predicted octanol–water partition coefficient (Wildman–Crippen LogP) is 2.10. The van der Waals surface area contributed by atoms with E-state index in [-0.39, 0.29) is 6.04 Å². The first-order valence-corrected chi connectivity index (χ1v) is 6.21. The van der Waals surface area contributed by atoms with Gasteiger partial charge in [0.2, 0.25) is 0 Å². The highest BCUT2D eigenvalue weighted by atomic mass is 16.5. The molecule has 3 heterocycles. The fraction of sp³-hybridized carbons (Fsp3) is 0.357. The van der Waals surface area contributed by atoms with Crippen molar-refractivity contribution in [3.8, 4) is 0 Å². The Balaban J connectivity index is 1.93. The second kappa shape index (κ2) is 5.33. The molecule has 0 bridgehead atoms. The van der Waals surface area contributed by atoms with Crippen molar-refractivity contribution in [1.29, 1.82) is 0 Å². The summed E-state index contributed by atoms with van der Waals surface area (Å²) in [5.41, 5.74) is 1.02. The minimum Gasteiger partial charge on any atom is -0.467 e. The van der Waals surface area contributed by atoms with Crippen molar-refractivity contribution in [2.75, 3.05) is 26.3 Å². The summed E-state index contributed by atoms with van der Waals surface area (Å²) in [7, 11) is 0. The Morgan fingerprint density at radius 2 is 2.00 bits per heavy atom. The van der Waals surface area contributed by atoms with Gasteiger partial charge in [0.1, 0.15) is 11.8 Å². The lowest BCUT2D eigenvalue weighted by atomic mass is 10.1. The number of hydrogen-bond acceptors (Lipinski definition) is 4. The number of rotatable bonds is 3. The number of pyridine rings is 1. The summed E-state index contributed by atoms with van der Waals surface area (Å²) < 4.78 is 11.0. The average molecular weight is 244 g/mol. The van der Waals surface area contributed by atoms with Gasteiger partial charge in [-0.1, -0.05) is 6.07 Å². The van der Waals surface area contributed by atoms with Gasteiger partial charge in [-0.2, -0.15) is 0 Å². The molecule has 1 atom stereocenters. The summed E-state index contributed by atoms with van der Waals surface area (Å²) in [6, 6.07) is 10.0. The molecule has 0 amide bonds. The third-order valence-electron chi connectivity index (χ3n) is 3.19. The molecule has 2 aromatic rings. The van der Waals surface area contributed by atoms with E-state index in [0.717, 1.165) is 37.8 Å². The van der Waals surface area contributed by atoms with E-state index < -0.39 is 0 Å². The Hall–Kier alpha value is -1.65. The van der Waals surface area contributed by atoms with E-state index in [2.05, 4.69) is 9.88 Å². The molecule has 3 rings (SSSR count). The summed E-state index contributed by atoms with van der Waals surface area (Å²) >= 11 is 0. The number of ether oxygens (including phenoxy) is 1. The van der Waals surface area contributed by atoms with Gasteiger partial charge in [-0.15, -0.1) is 0 Å². The van der Waals surface area contributed by atoms with Crippen LogP contribution in [0.25, 0.3) is 0 Å². The molecule has 2 aromatic heterocycles.